The molecule has 0 radical (unpaired) electrons. The molecule has 5 rings (SSSR count). The van der Waals surface area contributed by atoms with Gasteiger partial charge in [-0.3, -0.25) is 9.52 Å². The Labute approximate surface area is 257 Å². The maximum Gasteiger partial charge on any atom is 0.286 e. The number of thioether (sulfide) groups is 1. The summed E-state index contributed by atoms with van der Waals surface area (Å²) < 4.78 is 30.8. The molecule has 0 spiro atoms. The van der Waals surface area contributed by atoms with E-state index in [1.165, 1.54) is 36.4 Å². The van der Waals surface area contributed by atoms with Crippen LogP contribution in [-0.2, 0) is 14.8 Å². The van der Waals surface area contributed by atoms with Gasteiger partial charge in [-0.1, -0.05) is 12.1 Å². The minimum absolute atomic E-state index is 0.0189. The normalized spacial score (nSPS) is 19.9. The van der Waals surface area contributed by atoms with Crippen molar-refractivity contribution in [3.63, 3.8) is 0 Å². The number of rotatable bonds is 10. The number of aromatic hydroxyl groups is 1. The number of piperidine rings is 2. The highest BCUT2D eigenvalue weighted by Crippen LogP contribution is 2.32. The van der Waals surface area contributed by atoms with Gasteiger partial charge in [0.1, 0.15) is 24.2 Å². The highest BCUT2D eigenvalue weighted by atomic mass is 32.2. The number of likely N-dealkylation sites (tertiary alicyclic amines) is 1. The monoisotopic (exact) mass is 629 g/mol. The van der Waals surface area contributed by atoms with Crippen molar-refractivity contribution in [3.05, 3.63) is 52.9 Å². The molecule has 11 nitrogen and oxygen atoms in total. The fourth-order valence-electron chi connectivity index (χ4n) is 5.33. The van der Waals surface area contributed by atoms with Crippen molar-refractivity contribution in [2.45, 2.75) is 44.2 Å². The van der Waals surface area contributed by atoms with Gasteiger partial charge in [0.25, 0.3) is 5.91 Å². The first-order valence-corrected chi connectivity index (χ1v) is 17.3. The van der Waals surface area contributed by atoms with E-state index in [1.54, 1.807) is 0 Å². The number of carbonyl (C=O) groups excluding carboxylic acids is 1. The number of nitrogens with one attached hydrogen (secondary N) is 2. The number of anilines is 2. The first-order valence-electron chi connectivity index (χ1n) is 14.6. The standard InChI is InChI=1S/C30H39N5O6S2/c1-43(39,40)33-26-18-25(9-10-27(26)37)41-20-24(36)19-31-22-11-15-34(16-12-22)23-7-5-21(6-8-23)17-28-29(38)32-30(42-28)35-13-3-2-4-14-35/h5-10,17-18,22,24,31,33,36-37H,2-4,11-16,19-20H2,1H3/t24-/m1/s1. The van der Waals surface area contributed by atoms with Crippen molar-refractivity contribution < 1.29 is 28.2 Å². The number of aliphatic hydroxyl groups is 1. The molecule has 3 aliphatic heterocycles. The van der Waals surface area contributed by atoms with E-state index in [0.29, 0.717) is 17.2 Å². The first kappa shape index (κ1) is 31.2. The molecule has 2 fully saturated rings. The molecular weight excluding hydrogens is 590 g/mol. The smallest absolute Gasteiger partial charge is 0.286 e. The number of phenols is 1. The van der Waals surface area contributed by atoms with Crippen molar-refractivity contribution in [1.29, 1.82) is 0 Å². The number of nitrogens with zero attached hydrogens (tertiary/aromatic N) is 3. The predicted molar refractivity (Wildman–Crippen MR) is 171 cm³/mol. The Morgan fingerprint density at radius 2 is 1.79 bits per heavy atom. The van der Waals surface area contributed by atoms with Crippen molar-refractivity contribution in [2.24, 2.45) is 4.99 Å². The average Bonchev–Trinajstić information content (AvgIpc) is 3.36. The number of amidine groups is 1. The lowest BCUT2D eigenvalue weighted by atomic mass is 10.0. The second kappa shape index (κ2) is 14.0. The number of sulfonamides is 1. The SMILES string of the molecule is CS(=O)(=O)Nc1cc(OC[C@H](O)CNC2CCN(c3ccc(C=C4SC(N5CCCCC5)=NC4=O)cc3)CC2)ccc1O. The Balaban J connectivity index is 1.03. The van der Waals surface area contributed by atoms with Crippen LogP contribution < -0.4 is 19.7 Å². The fraction of sp³-hybridized carbons (Fsp3) is 0.467. The second-order valence-corrected chi connectivity index (χ2v) is 13.9. The van der Waals surface area contributed by atoms with Crippen LogP contribution in [0.15, 0.2) is 52.4 Å². The largest absolute Gasteiger partial charge is 0.506 e. The zero-order valence-corrected chi connectivity index (χ0v) is 25.9. The van der Waals surface area contributed by atoms with Crippen molar-refractivity contribution in [1.82, 2.24) is 10.2 Å². The molecule has 0 unspecified atom stereocenters. The van der Waals surface area contributed by atoms with E-state index in [0.717, 1.165) is 74.5 Å². The lowest BCUT2D eigenvalue weighted by Crippen LogP contribution is -2.45. The summed E-state index contributed by atoms with van der Waals surface area (Å²) in [6.07, 6.45) is 7.56. The molecule has 0 bridgehead atoms. The first-order chi connectivity index (χ1) is 20.6. The molecule has 1 atom stereocenters. The molecule has 232 valence electrons. The van der Waals surface area contributed by atoms with Crippen LogP contribution in [-0.4, -0.2) is 92.3 Å². The molecule has 0 saturated carbocycles. The fourth-order valence-corrected chi connectivity index (χ4v) is 6.86. The minimum Gasteiger partial charge on any atom is -0.506 e. The molecule has 0 aromatic heterocycles. The van der Waals surface area contributed by atoms with Gasteiger partial charge in [0.15, 0.2) is 5.17 Å². The van der Waals surface area contributed by atoms with Gasteiger partial charge in [0.2, 0.25) is 10.0 Å². The average molecular weight is 630 g/mol. The number of benzene rings is 2. The minimum atomic E-state index is -3.55. The molecule has 4 N–H and O–H groups in total. The van der Waals surface area contributed by atoms with E-state index >= 15 is 0 Å². The van der Waals surface area contributed by atoms with Crippen LogP contribution in [0.25, 0.3) is 6.08 Å². The van der Waals surface area contributed by atoms with Crippen LogP contribution in [0.1, 0.15) is 37.7 Å². The van der Waals surface area contributed by atoms with Crippen molar-refractivity contribution in [3.8, 4) is 11.5 Å². The van der Waals surface area contributed by atoms with Crippen LogP contribution >= 0.6 is 11.8 Å². The number of aliphatic imine (C=N–C) groups is 1. The van der Waals surface area contributed by atoms with E-state index in [4.69, 9.17) is 4.74 Å². The molecule has 2 aromatic rings. The zero-order chi connectivity index (χ0) is 30.4. The van der Waals surface area contributed by atoms with Gasteiger partial charge in [-0.25, -0.2) is 8.42 Å². The summed E-state index contributed by atoms with van der Waals surface area (Å²) in [4.78, 5) is 22.0. The molecule has 3 heterocycles. The highest BCUT2D eigenvalue weighted by molar-refractivity contribution is 8.18. The Morgan fingerprint density at radius 3 is 2.49 bits per heavy atom. The van der Waals surface area contributed by atoms with E-state index in [1.807, 2.05) is 18.2 Å². The molecule has 13 heteroatoms. The maximum atomic E-state index is 12.5. The van der Waals surface area contributed by atoms with Gasteiger partial charge in [0, 0.05) is 50.5 Å². The molecule has 43 heavy (non-hydrogen) atoms. The van der Waals surface area contributed by atoms with E-state index in [-0.39, 0.29) is 30.0 Å². The summed E-state index contributed by atoms with van der Waals surface area (Å²) in [7, 11) is -3.55. The highest BCUT2D eigenvalue weighted by Gasteiger charge is 2.27. The quantitative estimate of drug-likeness (QED) is 0.229. The van der Waals surface area contributed by atoms with Crippen LogP contribution in [0, 0.1) is 0 Å². The summed E-state index contributed by atoms with van der Waals surface area (Å²) in [6.45, 7) is 4.09. The Kier molecular flexibility index (Phi) is 10.2. The number of aliphatic hydroxyl groups excluding tert-OH is 1. The van der Waals surface area contributed by atoms with E-state index in [9.17, 15) is 23.4 Å². The van der Waals surface area contributed by atoms with Gasteiger partial charge in [-0.15, -0.1) is 0 Å². The molecule has 2 saturated heterocycles. The predicted octanol–water partition coefficient (Wildman–Crippen LogP) is 3.22. The third-order valence-corrected chi connectivity index (χ3v) is 9.27. The number of hydrogen-bond donors (Lipinski definition) is 4. The van der Waals surface area contributed by atoms with Crippen LogP contribution in [0.4, 0.5) is 11.4 Å². The van der Waals surface area contributed by atoms with Crippen LogP contribution in [0.2, 0.25) is 0 Å². The van der Waals surface area contributed by atoms with Gasteiger partial charge >= 0.3 is 0 Å². The van der Waals surface area contributed by atoms with E-state index < -0.39 is 16.1 Å². The summed E-state index contributed by atoms with van der Waals surface area (Å²) in [5, 5.41) is 24.5. The number of phenolic OH excluding ortho intramolecular Hbond substituents is 1. The molecule has 1 amide bonds. The summed E-state index contributed by atoms with van der Waals surface area (Å²) >= 11 is 1.48. The maximum absolute atomic E-state index is 12.5. The number of carbonyl (C=O) groups is 1. The third-order valence-electron chi connectivity index (χ3n) is 7.63. The second-order valence-electron chi connectivity index (χ2n) is 11.1. The summed E-state index contributed by atoms with van der Waals surface area (Å²) in [5.74, 6) is -0.0315. The van der Waals surface area contributed by atoms with Crippen molar-refractivity contribution in [2.75, 3.05) is 55.2 Å². The number of hydrogen-bond acceptors (Lipinski definition) is 10. The van der Waals surface area contributed by atoms with Gasteiger partial charge in [-0.2, -0.15) is 4.99 Å². The Bertz CT molecular complexity index is 1450. The summed E-state index contributed by atoms with van der Waals surface area (Å²) in [5.41, 5.74) is 2.14. The topological polar surface area (TPSA) is 144 Å². The lowest BCUT2D eigenvalue weighted by Gasteiger charge is -2.34. The van der Waals surface area contributed by atoms with Crippen LogP contribution in [0.3, 0.4) is 0 Å². The van der Waals surface area contributed by atoms with Gasteiger partial charge in [0.05, 0.1) is 16.8 Å². The van der Waals surface area contributed by atoms with Crippen LogP contribution in [0.5, 0.6) is 11.5 Å². The van der Waals surface area contributed by atoms with Crippen molar-refractivity contribution >= 4 is 50.3 Å². The lowest BCUT2D eigenvalue weighted by molar-refractivity contribution is -0.113. The Hall–Kier alpha value is -3.26. The number of amides is 1. The summed E-state index contributed by atoms with van der Waals surface area (Å²) in [6, 6.07) is 12.8. The third kappa shape index (κ3) is 8.88. The van der Waals surface area contributed by atoms with E-state index in [2.05, 4.69) is 37.0 Å². The van der Waals surface area contributed by atoms with Gasteiger partial charge in [-0.05, 0) is 79.8 Å². The molecule has 3 aliphatic rings. The van der Waals surface area contributed by atoms with Gasteiger partial charge < -0.3 is 30.1 Å². The molecular formula is C30H39N5O6S2. The zero-order valence-electron chi connectivity index (χ0n) is 24.2. The molecule has 0 aliphatic carbocycles. The molecule has 2 aromatic carbocycles. The number of ether oxygens (including phenoxy) is 1. The Morgan fingerprint density at radius 1 is 1.07 bits per heavy atom.